The summed E-state index contributed by atoms with van der Waals surface area (Å²) in [6, 6.07) is 0. The van der Waals surface area contributed by atoms with Crippen molar-refractivity contribution in [2.45, 2.75) is 6.92 Å². The van der Waals surface area contributed by atoms with E-state index in [0.717, 1.165) is 16.1 Å². The first-order valence-electron chi connectivity index (χ1n) is 2.40. The summed E-state index contributed by atoms with van der Waals surface area (Å²) in [5.74, 6) is 1.26. The molecule has 42 valence electrons. The standard InChI is InChI=1S/C5H11ClSi/c1-4(3-6)5(2)7/h4H,2-3H2,1,7H3. The molecule has 1 atom stereocenters. The molecule has 0 saturated heterocycles. The SMILES string of the molecule is C=C([SiH3])C(C)CCl. The average Bonchev–Trinajstić information content (AvgIpc) is 1.65. The molecular weight excluding hydrogens is 124 g/mol. The predicted octanol–water partition coefficient (Wildman–Crippen LogP) is 0.740. The van der Waals surface area contributed by atoms with Gasteiger partial charge >= 0.3 is 0 Å². The number of hydrogen-bond acceptors (Lipinski definition) is 0. The van der Waals surface area contributed by atoms with E-state index in [1.807, 2.05) is 0 Å². The molecule has 0 aromatic rings. The lowest BCUT2D eigenvalue weighted by Crippen LogP contribution is -1.97. The predicted molar refractivity (Wildman–Crippen MR) is 39.0 cm³/mol. The monoisotopic (exact) mass is 134 g/mol. The van der Waals surface area contributed by atoms with Crippen molar-refractivity contribution >= 4 is 21.8 Å². The first-order valence-corrected chi connectivity index (χ1v) is 3.93. The van der Waals surface area contributed by atoms with Crippen molar-refractivity contribution in [3.05, 3.63) is 11.8 Å². The Labute approximate surface area is 53.0 Å². The van der Waals surface area contributed by atoms with E-state index in [0.29, 0.717) is 5.92 Å². The quantitative estimate of drug-likeness (QED) is 0.386. The topological polar surface area (TPSA) is 0 Å². The van der Waals surface area contributed by atoms with Crippen LogP contribution in [0, 0.1) is 5.92 Å². The maximum Gasteiger partial charge on any atom is 0.0329 e. The van der Waals surface area contributed by atoms with Crippen LogP contribution in [0.3, 0.4) is 0 Å². The molecule has 0 spiro atoms. The lowest BCUT2D eigenvalue weighted by atomic mass is 10.2. The Morgan fingerprint density at radius 3 is 2.43 bits per heavy atom. The van der Waals surface area contributed by atoms with Crippen molar-refractivity contribution in [2.75, 3.05) is 5.88 Å². The van der Waals surface area contributed by atoms with Crippen LogP contribution in [-0.4, -0.2) is 16.1 Å². The number of hydrogen-bond donors (Lipinski definition) is 0. The summed E-state index contributed by atoms with van der Waals surface area (Å²) in [4.78, 5) is 0. The molecule has 0 heterocycles. The minimum absolute atomic E-state index is 0.535. The largest absolute Gasteiger partial charge is 0.126 e. The van der Waals surface area contributed by atoms with Crippen LogP contribution < -0.4 is 0 Å². The van der Waals surface area contributed by atoms with Crippen LogP contribution in [-0.2, 0) is 0 Å². The molecular formula is C5H11ClSi. The molecule has 0 radical (unpaired) electrons. The molecule has 0 aromatic carbocycles. The number of alkyl halides is 1. The van der Waals surface area contributed by atoms with Gasteiger partial charge in [0.1, 0.15) is 0 Å². The highest BCUT2D eigenvalue weighted by atomic mass is 35.5. The van der Waals surface area contributed by atoms with Gasteiger partial charge in [-0.05, 0) is 5.92 Å². The summed E-state index contributed by atoms with van der Waals surface area (Å²) in [6.45, 7) is 5.90. The maximum absolute atomic E-state index is 5.51. The normalized spacial score (nSPS) is 14.0. The zero-order valence-electron chi connectivity index (χ0n) is 4.87. The molecule has 0 aliphatic heterocycles. The Bertz CT molecular complexity index is 70.5. The lowest BCUT2D eigenvalue weighted by Gasteiger charge is -2.02. The molecule has 0 amide bonds. The second-order valence-corrected chi connectivity index (χ2v) is 3.49. The summed E-state index contributed by atoms with van der Waals surface area (Å²) < 4.78 is 0. The van der Waals surface area contributed by atoms with Crippen molar-refractivity contribution in [3.63, 3.8) is 0 Å². The van der Waals surface area contributed by atoms with Crippen LogP contribution in [0.5, 0.6) is 0 Å². The van der Waals surface area contributed by atoms with Gasteiger partial charge in [-0.3, -0.25) is 0 Å². The van der Waals surface area contributed by atoms with E-state index < -0.39 is 0 Å². The van der Waals surface area contributed by atoms with Crippen molar-refractivity contribution < 1.29 is 0 Å². The summed E-state index contributed by atoms with van der Waals surface area (Å²) >= 11 is 5.51. The van der Waals surface area contributed by atoms with Crippen molar-refractivity contribution in [2.24, 2.45) is 5.92 Å². The first kappa shape index (κ1) is 7.25. The molecule has 0 aliphatic rings. The van der Waals surface area contributed by atoms with Crippen LogP contribution in [0.15, 0.2) is 11.8 Å². The summed E-state index contributed by atoms with van der Waals surface area (Å²) in [5, 5.41) is 1.30. The highest BCUT2D eigenvalue weighted by molar-refractivity contribution is 6.23. The van der Waals surface area contributed by atoms with Crippen LogP contribution in [0.4, 0.5) is 0 Å². The number of rotatable bonds is 2. The van der Waals surface area contributed by atoms with Gasteiger partial charge in [-0.1, -0.05) is 12.1 Å². The van der Waals surface area contributed by atoms with Crippen molar-refractivity contribution in [1.29, 1.82) is 0 Å². The minimum Gasteiger partial charge on any atom is -0.126 e. The van der Waals surface area contributed by atoms with Gasteiger partial charge in [0.2, 0.25) is 0 Å². The van der Waals surface area contributed by atoms with Crippen LogP contribution in [0.1, 0.15) is 6.92 Å². The molecule has 0 aliphatic carbocycles. The van der Waals surface area contributed by atoms with Crippen LogP contribution in [0.2, 0.25) is 0 Å². The highest BCUT2D eigenvalue weighted by Gasteiger charge is 1.96. The molecule has 0 fully saturated rings. The van der Waals surface area contributed by atoms with Gasteiger partial charge in [0, 0.05) is 16.1 Å². The molecule has 1 unspecified atom stereocenters. The Hall–Kier alpha value is 0.247. The Kier molecular flexibility index (Phi) is 3.39. The van der Waals surface area contributed by atoms with Gasteiger partial charge < -0.3 is 0 Å². The Balaban J connectivity index is 3.34. The van der Waals surface area contributed by atoms with Crippen molar-refractivity contribution in [3.8, 4) is 0 Å². The van der Waals surface area contributed by atoms with E-state index in [1.54, 1.807) is 0 Å². The summed E-state index contributed by atoms with van der Waals surface area (Å²) in [5.41, 5.74) is 0. The molecule has 0 rings (SSSR count). The third-order valence-corrected chi connectivity index (χ3v) is 2.52. The molecule has 0 nitrogen and oxygen atoms in total. The molecule has 0 aromatic heterocycles. The Morgan fingerprint density at radius 2 is 2.43 bits per heavy atom. The number of allylic oxidation sites excluding steroid dienone is 1. The first-order chi connectivity index (χ1) is 3.18. The van der Waals surface area contributed by atoms with E-state index in [4.69, 9.17) is 11.6 Å². The molecule has 2 heteroatoms. The second-order valence-electron chi connectivity index (χ2n) is 1.90. The molecule has 7 heavy (non-hydrogen) atoms. The van der Waals surface area contributed by atoms with Crippen LogP contribution in [0.25, 0.3) is 0 Å². The molecule has 0 N–H and O–H groups in total. The Morgan fingerprint density at radius 1 is 2.00 bits per heavy atom. The van der Waals surface area contributed by atoms with Gasteiger partial charge in [-0.15, -0.1) is 18.2 Å². The average molecular weight is 135 g/mol. The minimum atomic E-state index is 0.535. The molecule has 0 bridgehead atoms. The second kappa shape index (κ2) is 3.27. The van der Waals surface area contributed by atoms with E-state index in [2.05, 4.69) is 13.5 Å². The molecule has 0 saturated carbocycles. The highest BCUT2D eigenvalue weighted by Crippen LogP contribution is 2.04. The van der Waals surface area contributed by atoms with Gasteiger partial charge in [-0.25, -0.2) is 0 Å². The van der Waals surface area contributed by atoms with E-state index in [-0.39, 0.29) is 0 Å². The van der Waals surface area contributed by atoms with Crippen molar-refractivity contribution in [1.82, 2.24) is 0 Å². The van der Waals surface area contributed by atoms with E-state index in [9.17, 15) is 0 Å². The van der Waals surface area contributed by atoms with E-state index in [1.165, 1.54) is 5.20 Å². The van der Waals surface area contributed by atoms with E-state index >= 15 is 0 Å². The fraction of sp³-hybridized carbons (Fsp3) is 0.600. The third-order valence-electron chi connectivity index (χ3n) is 1.07. The lowest BCUT2D eigenvalue weighted by molar-refractivity contribution is 0.825. The van der Waals surface area contributed by atoms with Gasteiger partial charge in [0.25, 0.3) is 0 Å². The maximum atomic E-state index is 5.51. The zero-order valence-corrected chi connectivity index (χ0v) is 7.63. The van der Waals surface area contributed by atoms with Gasteiger partial charge in [0.15, 0.2) is 0 Å². The van der Waals surface area contributed by atoms with Gasteiger partial charge in [-0.2, -0.15) is 0 Å². The summed E-state index contributed by atoms with van der Waals surface area (Å²) in [7, 11) is 1.08. The fourth-order valence-corrected chi connectivity index (χ4v) is 0.858. The smallest absolute Gasteiger partial charge is 0.0329 e. The summed E-state index contributed by atoms with van der Waals surface area (Å²) in [6.07, 6.45) is 0. The third kappa shape index (κ3) is 2.89. The van der Waals surface area contributed by atoms with Gasteiger partial charge in [0.05, 0.1) is 0 Å². The zero-order chi connectivity index (χ0) is 5.86. The van der Waals surface area contributed by atoms with Crippen LogP contribution >= 0.6 is 11.6 Å². The fourth-order valence-electron chi connectivity index (χ4n) is 0.132. The number of halogens is 1.